The van der Waals surface area contributed by atoms with E-state index in [1.807, 2.05) is 31.2 Å². The molecule has 0 bridgehead atoms. The summed E-state index contributed by atoms with van der Waals surface area (Å²) in [5.41, 5.74) is 0.921. The molecule has 1 aromatic rings. The Morgan fingerprint density at radius 1 is 1.41 bits per heavy atom. The number of halogens is 1. The summed E-state index contributed by atoms with van der Waals surface area (Å²) in [5, 5.41) is 12.2. The van der Waals surface area contributed by atoms with E-state index in [1.165, 1.54) is 0 Å². The molecule has 4 heteroatoms. The summed E-state index contributed by atoms with van der Waals surface area (Å²) in [6, 6.07) is 7.38. The fourth-order valence-corrected chi connectivity index (χ4v) is 1.91. The Hall–Kier alpha value is -1.06. The topological polar surface area (TPSA) is 49.3 Å². The molecule has 0 aromatic heterocycles. The van der Waals surface area contributed by atoms with Gasteiger partial charge in [-0.05, 0) is 31.4 Å². The number of benzene rings is 1. The van der Waals surface area contributed by atoms with E-state index in [9.17, 15) is 4.79 Å². The molecule has 1 rings (SSSR count). The number of nitrogens with one attached hydrogen (secondary N) is 1. The van der Waals surface area contributed by atoms with Crippen molar-refractivity contribution in [2.45, 2.75) is 32.2 Å². The quantitative estimate of drug-likeness (QED) is 0.768. The maximum absolute atomic E-state index is 11.6. The molecule has 0 saturated carbocycles. The van der Waals surface area contributed by atoms with E-state index < -0.39 is 0 Å². The van der Waals surface area contributed by atoms with E-state index in [0.717, 1.165) is 5.56 Å². The van der Waals surface area contributed by atoms with Crippen LogP contribution < -0.4 is 5.32 Å². The van der Waals surface area contributed by atoms with E-state index in [4.69, 9.17) is 16.7 Å². The molecule has 17 heavy (non-hydrogen) atoms. The van der Waals surface area contributed by atoms with Crippen LogP contribution in [-0.4, -0.2) is 17.6 Å². The van der Waals surface area contributed by atoms with Crippen molar-refractivity contribution in [3.8, 4) is 0 Å². The number of unbranched alkanes of at least 4 members (excludes halogenated alkanes) is 1. The Morgan fingerprint density at radius 2 is 2.12 bits per heavy atom. The SMILES string of the molecule is C[C@H](NC(=O)CCCCO)c1ccccc1Cl. The molecule has 2 N–H and O–H groups in total. The van der Waals surface area contributed by atoms with Gasteiger partial charge < -0.3 is 10.4 Å². The molecule has 0 heterocycles. The van der Waals surface area contributed by atoms with Crippen LogP contribution in [0.25, 0.3) is 0 Å². The van der Waals surface area contributed by atoms with Gasteiger partial charge in [-0.2, -0.15) is 0 Å². The molecule has 1 amide bonds. The molecular formula is C13H18ClNO2. The van der Waals surface area contributed by atoms with Crippen molar-refractivity contribution in [2.75, 3.05) is 6.61 Å². The third-order valence-electron chi connectivity index (χ3n) is 2.56. The summed E-state index contributed by atoms with van der Waals surface area (Å²) in [6.45, 7) is 2.04. The second-order valence-electron chi connectivity index (χ2n) is 3.99. The average Bonchev–Trinajstić information content (AvgIpc) is 2.29. The van der Waals surface area contributed by atoms with E-state index in [1.54, 1.807) is 0 Å². The number of amides is 1. The van der Waals surface area contributed by atoms with Gasteiger partial charge in [0.2, 0.25) is 5.91 Å². The molecule has 1 atom stereocenters. The fourth-order valence-electron chi connectivity index (χ4n) is 1.62. The van der Waals surface area contributed by atoms with Gasteiger partial charge in [0.25, 0.3) is 0 Å². The third kappa shape index (κ3) is 4.75. The lowest BCUT2D eigenvalue weighted by Crippen LogP contribution is -2.26. The second kappa shape index (κ2) is 7.30. The lowest BCUT2D eigenvalue weighted by atomic mass is 10.1. The zero-order chi connectivity index (χ0) is 12.7. The van der Waals surface area contributed by atoms with Gasteiger partial charge in [0.15, 0.2) is 0 Å². The third-order valence-corrected chi connectivity index (χ3v) is 2.91. The zero-order valence-corrected chi connectivity index (χ0v) is 10.7. The molecule has 0 radical (unpaired) electrons. The van der Waals surface area contributed by atoms with Crippen LogP contribution in [0.4, 0.5) is 0 Å². The first-order valence-corrected chi connectivity index (χ1v) is 6.17. The summed E-state index contributed by atoms with van der Waals surface area (Å²) in [4.78, 5) is 11.6. The Labute approximate surface area is 107 Å². The van der Waals surface area contributed by atoms with Crippen molar-refractivity contribution in [1.29, 1.82) is 0 Å². The standard InChI is InChI=1S/C13H18ClNO2/c1-10(11-6-2-3-7-12(11)14)15-13(17)8-4-5-9-16/h2-3,6-7,10,16H,4-5,8-9H2,1H3,(H,15,17)/t10-/m0/s1. The molecule has 0 saturated heterocycles. The zero-order valence-electron chi connectivity index (χ0n) is 9.95. The van der Waals surface area contributed by atoms with Crippen molar-refractivity contribution in [3.05, 3.63) is 34.9 Å². The highest BCUT2D eigenvalue weighted by Gasteiger charge is 2.11. The predicted molar refractivity (Wildman–Crippen MR) is 68.9 cm³/mol. The van der Waals surface area contributed by atoms with E-state index in [0.29, 0.717) is 24.3 Å². The van der Waals surface area contributed by atoms with Gasteiger partial charge in [-0.25, -0.2) is 0 Å². The second-order valence-corrected chi connectivity index (χ2v) is 4.40. The molecular weight excluding hydrogens is 238 g/mol. The van der Waals surface area contributed by atoms with Gasteiger partial charge in [0.05, 0.1) is 6.04 Å². The van der Waals surface area contributed by atoms with Crippen LogP contribution in [0.5, 0.6) is 0 Å². The summed E-state index contributed by atoms with van der Waals surface area (Å²) in [5.74, 6) is -0.00845. The van der Waals surface area contributed by atoms with E-state index >= 15 is 0 Å². The van der Waals surface area contributed by atoms with Crippen LogP contribution >= 0.6 is 11.6 Å². The molecule has 0 aliphatic heterocycles. The minimum Gasteiger partial charge on any atom is -0.396 e. The van der Waals surface area contributed by atoms with Crippen LogP contribution in [0, 0.1) is 0 Å². The number of aliphatic hydroxyl groups excluding tert-OH is 1. The van der Waals surface area contributed by atoms with Gasteiger partial charge >= 0.3 is 0 Å². The normalized spacial score (nSPS) is 12.2. The number of hydrogen-bond donors (Lipinski definition) is 2. The molecule has 1 aromatic carbocycles. The minimum atomic E-state index is -0.0923. The first kappa shape index (κ1) is 14.0. The maximum Gasteiger partial charge on any atom is 0.220 e. The van der Waals surface area contributed by atoms with Gasteiger partial charge in [-0.15, -0.1) is 0 Å². The minimum absolute atomic E-state index is 0.00845. The molecule has 0 aliphatic carbocycles. The van der Waals surface area contributed by atoms with Gasteiger partial charge in [-0.3, -0.25) is 4.79 Å². The first-order valence-electron chi connectivity index (χ1n) is 5.79. The Bertz CT molecular complexity index is 368. The van der Waals surface area contributed by atoms with Crippen LogP contribution in [0.2, 0.25) is 5.02 Å². The fraction of sp³-hybridized carbons (Fsp3) is 0.462. The van der Waals surface area contributed by atoms with Crippen LogP contribution in [-0.2, 0) is 4.79 Å². The van der Waals surface area contributed by atoms with Crippen molar-refractivity contribution in [1.82, 2.24) is 5.32 Å². The monoisotopic (exact) mass is 255 g/mol. The van der Waals surface area contributed by atoms with Crippen LogP contribution in [0.3, 0.4) is 0 Å². The van der Waals surface area contributed by atoms with Gasteiger partial charge in [0, 0.05) is 18.1 Å². The number of rotatable bonds is 6. The number of aliphatic hydroxyl groups is 1. The largest absolute Gasteiger partial charge is 0.396 e. The highest BCUT2D eigenvalue weighted by Crippen LogP contribution is 2.22. The Morgan fingerprint density at radius 3 is 2.76 bits per heavy atom. The van der Waals surface area contributed by atoms with Gasteiger partial charge in [-0.1, -0.05) is 29.8 Å². The summed E-state index contributed by atoms with van der Waals surface area (Å²) in [7, 11) is 0. The molecule has 94 valence electrons. The van der Waals surface area contributed by atoms with Crippen molar-refractivity contribution >= 4 is 17.5 Å². The van der Waals surface area contributed by atoms with Crippen LogP contribution in [0.15, 0.2) is 24.3 Å². The Kier molecular flexibility index (Phi) is 6.01. The summed E-state index contributed by atoms with van der Waals surface area (Å²) >= 11 is 6.04. The lowest BCUT2D eigenvalue weighted by Gasteiger charge is -2.15. The summed E-state index contributed by atoms with van der Waals surface area (Å²) < 4.78 is 0. The van der Waals surface area contributed by atoms with Crippen molar-refractivity contribution in [2.24, 2.45) is 0 Å². The molecule has 0 unspecified atom stereocenters. The highest BCUT2D eigenvalue weighted by molar-refractivity contribution is 6.31. The number of hydrogen-bond acceptors (Lipinski definition) is 2. The maximum atomic E-state index is 11.6. The van der Waals surface area contributed by atoms with Crippen molar-refractivity contribution in [3.63, 3.8) is 0 Å². The molecule has 0 aliphatic rings. The van der Waals surface area contributed by atoms with Crippen LogP contribution in [0.1, 0.15) is 37.8 Å². The molecule has 0 fully saturated rings. The molecule has 3 nitrogen and oxygen atoms in total. The number of carbonyl (C=O) groups excluding carboxylic acids is 1. The smallest absolute Gasteiger partial charge is 0.220 e. The first-order chi connectivity index (χ1) is 8.15. The highest BCUT2D eigenvalue weighted by atomic mass is 35.5. The molecule has 0 spiro atoms. The number of carbonyl (C=O) groups is 1. The van der Waals surface area contributed by atoms with Crippen molar-refractivity contribution < 1.29 is 9.90 Å². The van der Waals surface area contributed by atoms with Gasteiger partial charge in [0.1, 0.15) is 0 Å². The Balaban J connectivity index is 2.46. The van der Waals surface area contributed by atoms with E-state index in [-0.39, 0.29) is 18.6 Å². The van der Waals surface area contributed by atoms with E-state index in [2.05, 4.69) is 5.32 Å². The summed E-state index contributed by atoms with van der Waals surface area (Å²) in [6.07, 6.45) is 1.81. The lowest BCUT2D eigenvalue weighted by molar-refractivity contribution is -0.121. The average molecular weight is 256 g/mol. The predicted octanol–water partition coefficient (Wildman–Crippen LogP) is 2.68.